The molecule has 0 N–H and O–H groups in total. The summed E-state index contributed by atoms with van der Waals surface area (Å²) in [5.41, 5.74) is 3.24. The number of thioether (sulfide) groups is 1. The molecule has 1 amide bonds. The van der Waals surface area contributed by atoms with Crippen molar-refractivity contribution < 1.29 is 14.3 Å². The Hall–Kier alpha value is -2.31. The molecule has 3 rings (SSSR count). The van der Waals surface area contributed by atoms with Gasteiger partial charge in [-0.2, -0.15) is 0 Å². The number of amides is 1. The third kappa shape index (κ3) is 5.14. The minimum absolute atomic E-state index is 0.0649. The van der Waals surface area contributed by atoms with Crippen molar-refractivity contribution in [1.82, 2.24) is 4.90 Å². The van der Waals surface area contributed by atoms with Crippen molar-refractivity contribution in [1.29, 1.82) is 0 Å². The second-order valence-electron chi connectivity index (χ2n) is 6.63. The summed E-state index contributed by atoms with van der Waals surface area (Å²) < 4.78 is 12.3. The number of thiocarbonyl (C=S) groups is 1. The van der Waals surface area contributed by atoms with Crippen molar-refractivity contribution in [2.75, 3.05) is 20.3 Å². The number of hydrogen-bond acceptors (Lipinski definition) is 5. The van der Waals surface area contributed by atoms with E-state index in [1.54, 1.807) is 7.05 Å². The van der Waals surface area contributed by atoms with E-state index in [2.05, 4.69) is 25.1 Å². The van der Waals surface area contributed by atoms with Gasteiger partial charge in [-0.3, -0.25) is 9.69 Å². The van der Waals surface area contributed by atoms with E-state index < -0.39 is 0 Å². The topological polar surface area (TPSA) is 38.8 Å². The first-order valence-electron chi connectivity index (χ1n) is 9.08. The molecule has 2 aromatic carbocycles. The minimum Gasteiger partial charge on any atom is -0.493 e. The second-order valence-corrected chi connectivity index (χ2v) is 8.31. The maximum absolute atomic E-state index is 12.1. The van der Waals surface area contributed by atoms with Crippen LogP contribution >= 0.6 is 24.0 Å². The van der Waals surface area contributed by atoms with Crippen LogP contribution in [0.5, 0.6) is 11.5 Å². The summed E-state index contributed by atoms with van der Waals surface area (Å²) in [4.78, 5) is 14.2. The molecule has 1 saturated heterocycles. The zero-order valence-electron chi connectivity index (χ0n) is 16.2. The number of hydrogen-bond donors (Lipinski definition) is 0. The van der Waals surface area contributed by atoms with Crippen LogP contribution in [0.4, 0.5) is 0 Å². The molecule has 0 saturated carbocycles. The van der Waals surface area contributed by atoms with E-state index in [4.69, 9.17) is 21.7 Å². The van der Waals surface area contributed by atoms with E-state index >= 15 is 0 Å². The summed E-state index contributed by atoms with van der Waals surface area (Å²) in [5, 5.41) is 0. The van der Waals surface area contributed by atoms with Crippen LogP contribution in [-0.2, 0) is 4.79 Å². The van der Waals surface area contributed by atoms with Crippen LogP contribution in [0.15, 0.2) is 47.4 Å². The molecule has 28 heavy (non-hydrogen) atoms. The van der Waals surface area contributed by atoms with Gasteiger partial charge in [0.1, 0.15) is 15.8 Å². The number of carbonyl (C=O) groups is 1. The molecule has 0 aromatic heterocycles. The Balaban J connectivity index is 1.51. The molecule has 1 aliphatic heterocycles. The number of rotatable bonds is 7. The van der Waals surface area contributed by atoms with E-state index in [0.717, 1.165) is 29.0 Å². The Morgan fingerprint density at radius 2 is 1.89 bits per heavy atom. The van der Waals surface area contributed by atoms with Crippen LogP contribution in [0.1, 0.15) is 23.1 Å². The van der Waals surface area contributed by atoms with Gasteiger partial charge in [0.05, 0.1) is 18.1 Å². The standard InChI is InChI=1S/C22H23NO3S2/c1-15-8-9-16(2)19(12-15)26-11-5-10-25-18-7-4-6-17(13-18)14-20-21(24)23(3)22(27)28-20/h4,6-9,12-14H,5,10-11H2,1-3H3/b20-14+. The predicted molar refractivity (Wildman–Crippen MR) is 119 cm³/mol. The van der Waals surface area contributed by atoms with Crippen LogP contribution < -0.4 is 9.47 Å². The van der Waals surface area contributed by atoms with Gasteiger partial charge in [-0.25, -0.2) is 0 Å². The Morgan fingerprint density at radius 3 is 2.64 bits per heavy atom. The average molecular weight is 414 g/mol. The lowest BCUT2D eigenvalue weighted by Crippen LogP contribution is -2.22. The first-order chi connectivity index (χ1) is 13.4. The number of aryl methyl sites for hydroxylation is 2. The van der Waals surface area contributed by atoms with Gasteiger partial charge in [-0.15, -0.1) is 0 Å². The number of ether oxygens (including phenoxy) is 2. The molecule has 0 radical (unpaired) electrons. The molecule has 2 aromatic rings. The van der Waals surface area contributed by atoms with Gasteiger partial charge in [-0.1, -0.05) is 48.2 Å². The van der Waals surface area contributed by atoms with Gasteiger partial charge in [0, 0.05) is 13.5 Å². The zero-order valence-corrected chi connectivity index (χ0v) is 17.9. The van der Waals surface area contributed by atoms with Crippen molar-refractivity contribution >= 4 is 40.3 Å². The summed E-state index contributed by atoms with van der Waals surface area (Å²) in [6.45, 7) is 5.26. The Morgan fingerprint density at radius 1 is 1.11 bits per heavy atom. The minimum atomic E-state index is -0.0649. The highest BCUT2D eigenvalue weighted by atomic mass is 32.2. The number of nitrogens with zero attached hydrogens (tertiary/aromatic N) is 1. The lowest BCUT2D eigenvalue weighted by molar-refractivity contribution is -0.121. The molecule has 0 atom stereocenters. The maximum Gasteiger partial charge on any atom is 0.265 e. The molecule has 0 spiro atoms. The highest BCUT2D eigenvalue weighted by Gasteiger charge is 2.28. The molecule has 1 fully saturated rings. The monoisotopic (exact) mass is 413 g/mol. The van der Waals surface area contributed by atoms with Crippen molar-refractivity contribution in [2.45, 2.75) is 20.3 Å². The van der Waals surface area contributed by atoms with Crippen LogP contribution in [0.3, 0.4) is 0 Å². The SMILES string of the molecule is Cc1ccc(C)c(OCCCOc2cccc(/C=C3/SC(=S)N(C)C3=O)c2)c1. The second kappa shape index (κ2) is 9.26. The molecule has 1 heterocycles. The van der Waals surface area contributed by atoms with Gasteiger partial charge in [0.15, 0.2) is 0 Å². The first kappa shape index (κ1) is 20.4. The highest BCUT2D eigenvalue weighted by Crippen LogP contribution is 2.31. The third-order valence-corrected chi connectivity index (χ3v) is 5.79. The summed E-state index contributed by atoms with van der Waals surface area (Å²) in [6, 6.07) is 13.9. The summed E-state index contributed by atoms with van der Waals surface area (Å²) in [7, 11) is 1.69. The van der Waals surface area contributed by atoms with Gasteiger partial charge in [0.25, 0.3) is 5.91 Å². The fourth-order valence-corrected chi connectivity index (χ4v) is 3.86. The largest absolute Gasteiger partial charge is 0.493 e. The zero-order chi connectivity index (χ0) is 20.1. The highest BCUT2D eigenvalue weighted by molar-refractivity contribution is 8.26. The smallest absolute Gasteiger partial charge is 0.265 e. The van der Waals surface area contributed by atoms with Crippen LogP contribution in [0.2, 0.25) is 0 Å². The van der Waals surface area contributed by atoms with Gasteiger partial charge in [-0.05, 0) is 54.8 Å². The van der Waals surface area contributed by atoms with E-state index in [-0.39, 0.29) is 5.91 Å². The maximum atomic E-state index is 12.1. The predicted octanol–water partition coefficient (Wildman–Crippen LogP) is 4.98. The first-order valence-corrected chi connectivity index (χ1v) is 10.3. The molecule has 4 nitrogen and oxygen atoms in total. The molecule has 6 heteroatoms. The lowest BCUT2D eigenvalue weighted by Gasteiger charge is -2.11. The molecular weight excluding hydrogens is 390 g/mol. The molecule has 0 unspecified atom stereocenters. The molecular formula is C22H23NO3S2. The van der Waals surface area contributed by atoms with Crippen LogP contribution in [-0.4, -0.2) is 35.4 Å². The quantitative estimate of drug-likeness (QED) is 0.364. The van der Waals surface area contributed by atoms with Gasteiger partial charge >= 0.3 is 0 Å². The number of benzene rings is 2. The van der Waals surface area contributed by atoms with Crippen molar-refractivity contribution in [3.8, 4) is 11.5 Å². The third-order valence-electron chi connectivity index (χ3n) is 4.30. The summed E-state index contributed by atoms with van der Waals surface area (Å²) in [6.07, 6.45) is 2.63. The molecule has 146 valence electrons. The number of carbonyl (C=O) groups excluding carboxylic acids is 1. The average Bonchev–Trinajstić information content (AvgIpc) is 2.91. The lowest BCUT2D eigenvalue weighted by atomic mass is 10.1. The van der Waals surface area contributed by atoms with E-state index in [1.807, 2.05) is 37.3 Å². The molecule has 0 aliphatic carbocycles. The summed E-state index contributed by atoms with van der Waals surface area (Å²) >= 11 is 6.48. The fraction of sp³-hybridized carbons (Fsp3) is 0.273. The van der Waals surface area contributed by atoms with E-state index in [9.17, 15) is 4.79 Å². The Kier molecular flexibility index (Phi) is 6.75. The Bertz CT molecular complexity index is 924. The normalized spacial score (nSPS) is 15.4. The van der Waals surface area contributed by atoms with Gasteiger partial charge < -0.3 is 9.47 Å². The number of likely N-dealkylation sites (N-methyl/N-ethyl adjacent to an activating group) is 1. The van der Waals surface area contributed by atoms with E-state index in [0.29, 0.717) is 22.4 Å². The Labute approximate surface area is 175 Å². The van der Waals surface area contributed by atoms with Crippen LogP contribution in [0, 0.1) is 13.8 Å². The molecule has 1 aliphatic rings. The van der Waals surface area contributed by atoms with Crippen molar-refractivity contribution in [2.24, 2.45) is 0 Å². The van der Waals surface area contributed by atoms with Crippen LogP contribution in [0.25, 0.3) is 6.08 Å². The fourth-order valence-electron chi connectivity index (χ4n) is 2.68. The molecule has 0 bridgehead atoms. The summed E-state index contributed by atoms with van der Waals surface area (Å²) in [5.74, 6) is 1.63. The van der Waals surface area contributed by atoms with Crippen molar-refractivity contribution in [3.05, 3.63) is 64.1 Å². The van der Waals surface area contributed by atoms with Gasteiger partial charge in [0.2, 0.25) is 0 Å². The van der Waals surface area contributed by atoms with E-state index in [1.165, 1.54) is 22.2 Å². The van der Waals surface area contributed by atoms with Crippen molar-refractivity contribution in [3.63, 3.8) is 0 Å².